The Morgan fingerprint density at radius 3 is 2.44 bits per heavy atom. The molecule has 1 aliphatic heterocycles. The molecule has 27 heavy (non-hydrogen) atoms. The Hall–Kier alpha value is -1.84. The number of thioether (sulfide) groups is 1. The van der Waals surface area contributed by atoms with Crippen LogP contribution in [0.5, 0.6) is 0 Å². The van der Waals surface area contributed by atoms with Gasteiger partial charge >= 0.3 is 0 Å². The molecule has 2 aromatic carbocycles. The van der Waals surface area contributed by atoms with Crippen molar-refractivity contribution in [3.05, 3.63) is 64.1 Å². The first-order valence-electron chi connectivity index (χ1n) is 8.18. The molecule has 0 bridgehead atoms. The second-order valence-corrected chi connectivity index (χ2v) is 9.63. The molecule has 0 unspecified atom stereocenters. The van der Waals surface area contributed by atoms with Crippen LogP contribution < -0.4 is 4.83 Å². The van der Waals surface area contributed by atoms with E-state index in [2.05, 4.69) is 25.9 Å². The van der Waals surface area contributed by atoms with Crippen LogP contribution in [0.2, 0.25) is 0 Å². The zero-order valence-electron chi connectivity index (χ0n) is 14.6. The quantitative estimate of drug-likeness (QED) is 0.519. The number of sulfonamides is 1. The highest BCUT2D eigenvalue weighted by Gasteiger charge is 2.23. The van der Waals surface area contributed by atoms with Crippen LogP contribution in [0.1, 0.15) is 11.1 Å². The number of hydrogen-bond acceptors (Lipinski definition) is 5. The van der Waals surface area contributed by atoms with Gasteiger partial charge in [0.05, 0.1) is 17.2 Å². The van der Waals surface area contributed by atoms with Gasteiger partial charge in [0.15, 0.2) is 0 Å². The maximum absolute atomic E-state index is 12.5. The fourth-order valence-electron chi connectivity index (χ4n) is 2.47. The van der Waals surface area contributed by atoms with Crippen molar-refractivity contribution in [2.45, 2.75) is 11.8 Å². The average molecular weight is 468 g/mol. The van der Waals surface area contributed by atoms with Crippen molar-refractivity contribution >= 4 is 48.7 Å². The Morgan fingerprint density at radius 2 is 1.85 bits per heavy atom. The Morgan fingerprint density at radius 1 is 1.19 bits per heavy atom. The standard InChI is InChI=1S/C18H18BrN3O3S2/c1-13-2-4-14(5-3-13)17(12-22-10-11-26-18(22)23)20-21-27(24,25)16-8-6-15(19)7-9-16/h2-9,21H,10-12H2,1H3/b20-17-. The molecule has 1 N–H and O–H groups in total. The van der Waals surface area contributed by atoms with Crippen molar-refractivity contribution in [2.75, 3.05) is 18.8 Å². The zero-order valence-corrected chi connectivity index (χ0v) is 17.8. The van der Waals surface area contributed by atoms with Gasteiger partial charge in [-0.2, -0.15) is 18.4 Å². The molecule has 1 heterocycles. The van der Waals surface area contributed by atoms with Gasteiger partial charge in [0, 0.05) is 16.8 Å². The fourth-order valence-corrected chi connectivity index (χ4v) is 4.39. The van der Waals surface area contributed by atoms with E-state index in [1.165, 1.54) is 23.9 Å². The molecule has 1 aliphatic rings. The summed E-state index contributed by atoms with van der Waals surface area (Å²) in [7, 11) is -3.80. The topological polar surface area (TPSA) is 78.8 Å². The van der Waals surface area contributed by atoms with E-state index in [0.717, 1.165) is 21.4 Å². The van der Waals surface area contributed by atoms with Crippen LogP contribution >= 0.6 is 27.7 Å². The Labute approximate surface area is 171 Å². The van der Waals surface area contributed by atoms with Crippen LogP contribution in [0, 0.1) is 6.92 Å². The number of aryl methyl sites for hydroxylation is 1. The minimum absolute atomic E-state index is 0.0226. The minimum Gasteiger partial charge on any atom is -0.327 e. The summed E-state index contributed by atoms with van der Waals surface area (Å²) in [4.78, 5) is 16.0. The summed E-state index contributed by atoms with van der Waals surface area (Å²) in [5, 5.41) is 4.13. The second-order valence-electron chi connectivity index (χ2n) is 6.01. The lowest BCUT2D eigenvalue weighted by Crippen LogP contribution is -2.32. The predicted molar refractivity (Wildman–Crippen MR) is 112 cm³/mol. The number of hydrazone groups is 1. The van der Waals surface area contributed by atoms with E-state index in [1.807, 2.05) is 31.2 Å². The molecule has 2 aromatic rings. The molecule has 3 rings (SSSR count). The van der Waals surface area contributed by atoms with Crippen LogP contribution in [-0.4, -0.2) is 43.1 Å². The molecular weight excluding hydrogens is 450 g/mol. The Balaban J connectivity index is 1.87. The van der Waals surface area contributed by atoms with Gasteiger partial charge in [-0.05, 0) is 36.8 Å². The molecule has 0 spiro atoms. The molecule has 9 heteroatoms. The highest BCUT2D eigenvalue weighted by atomic mass is 79.9. The van der Waals surface area contributed by atoms with Gasteiger partial charge in [-0.3, -0.25) is 4.79 Å². The smallest absolute Gasteiger partial charge is 0.282 e. The SMILES string of the molecule is Cc1ccc(/C(CN2CCSC2=O)=N\NS(=O)(=O)c2ccc(Br)cc2)cc1. The van der Waals surface area contributed by atoms with Gasteiger partial charge in [0.2, 0.25) is 0 Å². The largest absolute Gasteiger partial charge is 0.327 e. The van der Waals surface area contributed by atoms with E-state index >= 15 is 0 Å². The third-order valence-corrected chi connectivity index (χ3v) is 6.64. The lowest BCUT2D eigenvalue weighted by Gasteiger charge is -2.17. The van der Waals surface area contributed by atoms with E-state index in [9.17, 15) is 13.2 Å². The third-order valence-electron chi connectivity index (χ3n) is 4.00. The summed E-state index contributed by atoms with van der Waals surface area (Å²) in [6.07, 6.45) is 0. The van der Waals surface area contributed by atoms with Crippen LogP contribution in [0.4, 0.5) is 4.79 Å². The van der Waals surface area contributed by atoms with Crippen molar-refractivity contribution in [3.8, 4) is 0 Å². The van der Waals surface area contributed by atoms with Crippen LogP contribution in [0.3, 0.4) is 0 Å². The number of rotatable bonds is 6. The summed E-state index contributed by atoms with van der Waals surface area (Å²) in [6.45, 7) is 2.84. The number of halogens is 1. The van der Waals surface area contributed by atoms with Gasteiger partial charge in [-0.1, -0.05) is 57.5 Å². The maximum atomic E-state index is 12.5. The monoisotopic (exact) mass is 467 g/mol. The number of hydrogen-bond donors (Lipinski definition) is 1. The van der Waals surface area contributed by atoms with E-state index < -0.39 is 10.0 Å². The molecule has 1 amide bonds. The Bertz CT molecular complexity index is 958. The van der Waals surface area contributed by atoms with E-state index in [1.54, 1.807) is 17.0 Å². The maximum Gasteiger partial charge on any atom is 0.282 e. The highest BCUT2D eigenvalue weighted by molar-refractivity contribution is 9.10. The second kappa shape index (κ2) is 8.45. The number of benzene rings is 2. The van der Waals surface area contributed by atoms with Crippen molar-refractivity contribution in [1.29, 1.82) is 0 Å². The number of nitrogens with one attached hydrogen (secondary N) is 1. The van der Waals surface area contributed by atoms with Gasteiger partial charge in [-0.15, -0.1) is 0 Å². The molecule has 0 saturated carbocycles. The molecule has 142 valence electrons. The number of nitrogens with zero attached hydrogens (tertiary/aromatic N) is 2. The summed E-state index contributed by atoms with van der Waals surface area (Å²) in [5.41, 5.74) is 2.34. The molecule has 0 aliphatic carbocycles. The number of carbonyl (C=O) groups excluding carboxylic acids is 1. The molecule has 1 saturated heterocycles. The molecule has 6 nitrogen and oxygen atoms in total. The van der Waals surface area contributed by atoms with Crippen LogP contribution in [0.25, 0.3) is 0 Å². The fraction of sp³-hybridized carbons (Fsp3) is 0.222. The zero-order chi connectivity index (χ0) is 19.4. The van der Waals surface area contributed by atoms with Crippen molar-refractivity contribution < 1.29 is 13.2 Å². The first-order valence-corrected chi connectivity index (χ1v) is 11.4. The van der Waals surface area contributed by atoms with Gasteiger partial charge in [0.1, 0.15) is 0 Å². The van der Waals surface area contributed by atoms with E-state index in [0.29, 0.717) is 12.3 Å². The molecule has 0 atom stereocenters. The molecule has 0 radical (unpaired) electrons. The normalized spacial score (nSPS) is 15.3. The third kappa shape index (κ3) is 5.12. The van der Waals surface area contributed by atoms with Gasteiger partial charge in [0.25, 0.3) is 15.3 Å². The van der Waals surface area contributed by atoms with Crippen molar-refractivity contribution in [1.82, 2.24) is 9.73 Å². The van der Waals surface area contributed by atoms with E-state index in [-0.39, 0.29) is 16.7 Å². The van der Waals surface area contributed by atoms with Crippen LogP contribution in [0.15, 0.2) is 63.0 Å². The number of amides is 1. The van der Waals surface area contributed by atoms with Crippen molar-refractivity contribution in [3.63, 3.8) is 0 Å². The summed E-state index contributed by atoms with van der Waals surface area (Å²) in [6, 6.07) is 13.9. The number of carbonyl (C=O) groups is 1. The van der Waals surface area contributed by atoms with Gasteiger partial charge in [-0.25, -0.2) is 0 Å². The summed E-state index contributed by atoms with van der Waals surface area (Å²) >= 11 is 4.54. The van der Waals surface area contributed by atoms with E-state index in [4.69, 9.17) is 0 Å². The lowest BCUT2D eigenvalue weighted by atomic mass is 10.1. The first-order chi connectivity index (χ1) is 12.8. The summed E-state index contributed by atoms with van der Waals surface area (Å²) < 4.78 is 25.8. The highest BCUT2D eigenvalue weighted by Crippen LogP contribution is 2.19. The Kier molecular flexibility index (Phi) is 6.23. The van der Waals surface area contributed by atoms with Gasteiger partial charge < -0.3 is 4.90 Å². The van der Waals surface area contributed by atoms with Crippen molar-refractivity contribution in [2.24, 2.45) is 5.10 Å². The predicted octanol–water partition coefficient (Wildman–Crippen LogP) is 3.61. The first kappa shape index (κ1) is 19.9. The minimum atomic E-state index is -3.80. The lowest BCUT2D eigenvalue weighted by molar-refractivity contribution is 0.235. The average Bonchev–Trinajstić information content (AvgIpc) is 3.04. The molecular formula is C18H18BrN3O3S2. The van der Waals surface area contributed by atoms with Crippen LogP contribution in [-0.2, 0) is 10.0 Å². The summed E-state index contributed by atoms with van der Waals surface area (Å²) in [5.74, 6) is 0.727. The molecule has 1 fully saturated rings. The molecule has 0 aromatic heterocycles.